The molecular weight excluding hydrogens is 340 g/mol. The Morgan fingerprint density at radius 2 is 1.69 bits per heavy atom. The molecule has 2 heterocycles. The van der Waals surface area contributed by atoms with Crippen molar-refractivity contribution in [2.45, 2.75) is 13.3 Å². The Bertz CT molecular complexity index is 1230. The fraction of sp³-hybridized carbons (Fsp3) is 0.0952. The number of fused-ring (bicyclic) bond motifs is 2. The number of hydrogen-bond acceptors (Lipinski definition) is 4. The summed E-state index contributed by atoms with van der Waals surface area (Å²) in [5.74, 6) is 0.872. The van der Waals surface area contributed by atoms with Crippen LogP contribution < -0.4 is 0 Å². The van der Waals surface area contributed by atoms with Gasteiger partial charge in [0.25, 0.3) is 0 Å². The van der Waals surface area contributed by atoms with Crippen LogP contribution in [-0.2, 0) is 6.42 Å². The van der Waals surface area contributed by atoms with Gasteiger partial charge in [-0.1, -0.05) is 78.1 Å². The highest BCUT2D eigenvalue weighted by Crippen LogP contribution is 2.31. The summed E-state index contributed by atoms with van der Waals surface area (Å²) in [6, 6.07) is 23.1. The zero-order valence-electron chi connectivity index (χ0n) is 14.3. The van der Waals surface area contributed by atoms with Gasteiger partial charge in [0.05, 0.1) is 0 Å². The van der Waals surface area contributed by atoms with E-state index in [0.717, 1.165) is 27.8 Å². The van der Waals surface area contributed by atoms with E-state index in [1.54, 1.807) is 11.3 Å². The Hall–Kier alpha value is -3.05. The third-order valence-electron chi connectivity index (χ3n) is 4.69. The van der Waals surface area contributed by atoms with Gasteiger partial charge < -0.3 is 0 Å². The molecule has 0 saturated heterocycles. The molecule has 5 aromatic rings. The van der Waals surface area contributed by atoms with Crippen molar-refractivity contribution in [1.82, 2.24) is 19.8 Å². The topological polar surface area (TPSA) is 43.1 Å². The minimum Gasteiger partial charge on any atom is -0.187 e. The van der Waals surface area contributed by atoms with Crippen LogP contribution in [0.4, 0.5) is 0 Å². The molecule has 0 spiro atoms. The quantitative estimate of drug-likeness (QED) is 0.461. The van der Waals surface area contributed by atoms with Crippen molar-refractivity contribution in [3.8, 4) is 10.6 Å². The lowest BCUT2D eigenvalue weighted by molar-refractivity contribution is 0.852. The monoisotopic (exact) mass is 356 g/mol. The largest absolute Gasteiger partial charge is 0.234 e. The Morgan fingerprint density at radius 3 is 2.62 bits per heavy atom. The Kier molecular flexibility index (Phi) is 3.53. The van der Waals surface area contributed by atoms with Crippen LogP contribution in [0.5, 0.6) is 0 Å². The van der Waals surface area contributed by atoms with Crippen LogP contribution in [0, 0.1) is 6.92 Å². The van der Waals surface area contributed by atoms with E-state index in [0.29, 0.717) is 0 Å². The average molecular weight is 356 g/mol. The predicted octanol–water partition coefficient (Wildman–Crippen LogP) is 4.91. The Morgan fingerprint density at radius 1 is 0.885 bits per heavy atom. The van der Waals surface area contributed by atoms with Gasteiger partial charge in [0.15, 0.2) is 5.82 Å². The second kappa shape index (κ2) is 6.04. The Labute approximate surface area is 154 Å². The fourth-order valence-corrected chi connectivity index (χ4v) is 4.16. The van der Waals surface area contributed by atoms with E-state index in [4.69, 9.17) is 5.10 Å². The molecule has 0 saturated carbocycles. The molecule has 5 rings (SSSR count). The van der Waals surface area contributed by atoms with Gasteiger partial charge in [-0.2, -0.15) is 9.61 Å². The highest BCUT2D eigenvalue weighted by atomic mass is 32.1. The number of benzene rings is 3. The van der Waals surface area contributed by atoms with Crippen LogP contribution >= 0.6 is 11.3 Å². The van der Waals surface area contributed by atoms with Crippen molar-refractivity contribution in [1.29, 1.82) is 0 Å². The van der Waals surface area contributed by atoms with Gasteiger partial charge in [0.1, 0.15) is 5.01 Å². The van der Waals surface area contributed by atoms with E-state index in [-0.39, 0.29) is 0 Å². The standard InChI is InChI=1S/C21H16N4S/c1-14-7-2-3-9-16(14)13-19-22-23-21-25(19)24-20(26-21)18-12-6-10-15-8-4-5-11-17(15)18/h2-12H,13H2,1H3. The molecule has 0 atom stereocenters. The number of nitrogens with zero attached hydrogens (tertiary/aromatic N) is 4. The van der Waals surface area contributed by atoms with E-state index in [9.17, 15) is 0 Å². The van der Waals surface area contributed by atoms with Crippen molar-refractivity contribution in [2.24, 2.45) is 0 Å². The zero-order chi connectivity index (χ0) is 17.5. The third-order valence-corrected chi connectivity index (χ3v) is 5.62. The molecule has 2 aromatic heterocycles. The van der Waals surface area contributed by atoms with Gasteiger partial charge >= 0.3 is 0 Å². The van der Waals surface area contributed by atoms with Gasteiger partial charge in [-0.05, 0) is 28.8 Å². The van der Waals surface area contributed by atoms with Crippen molar-refractivity contribution >= 4 is 27.1 Å². The first kappa shape index (κ1) is 15.2. The molecular formula is C21H16N4S. The molecule has 0 aliphatic carbocycles. The van der Waals surface area contributed by atoms with E-state index < -0.39 is 0 Å². The molecule has 0 unspecified atom stereocenters. The summed E-state index contributed by atoms with van der Waals surface area (Å²) in [5, 5.41) is 16.9. The van der Waals surface area contributed by atoms with Gasteiger partial charge in [-0.25, -0.2) is 0 Å². The lowest BCUT2D eigenvalue weighted by Gasteiger charge is -2.03. The SMILES string of the molecule is Cc1ccccc1Cc1nnc2sc(-c3cccc4ccccc34)nn12. The van der Waals surface area contributed by atoms with E-state index in [1.165, 1.54) is 21.9 Å². The predicted molar refractivity (Wildman–Crippen MR) is 106 cm³/mol. The molecule has 0 radical (unpaired) electrons. The maximum absolute atomic E-state index is 4.83. The minimum atomic E-state index is 0.729. The van der Waals surface area contributed by atoms with Crippen LogP contribution in [0.15, 0.2) is 66.7 Å². The fourth-order valence-electron chi connectivity index (χ4n) is 3.27. The van der Waals surface area contributed by atoms with Crippen molar-refractivity contribution in [2.75, 3.05) is 0 Å². The highest BCUT2D eigenvalue weighted by Gasteiger charge is 2.15. The summed E-state index contributed by atoms with van der Waals surface area (Å²) in [6.07, 6.45) is 0.729. The summed E-state index contributed by atoms with van der Waals surface area (Å²) >= 11 is 1.58. The second-order valence-electron chi connectivity index (χ2n) is 6.35. The molecule has 4 nitrogen and oxygen atoms in total. The molecule has 26 heavy (non-hydrogen) atoms. The van der Waals surface area contributed by atoms with Crippen molar-refractivity contribution in [3.63, 3.8) is 0 Å². The summed E-state index contributed by atoms with van der Waals surface area (Å²) in [7, 11) is 0. The van der Waals surface area contributed by atoms with E-state index >= 15 is 0 Å². The first-order valence-electron chi connectivity index (χ1n) is 8.53. The third kappa shape index (κ3) is 2.48. The molecule has 3 aromatic carbocycles. The first-order chi connectivity index (χ1) is 12.8. The van der Waals surface area contributed by atoms with Crippen LogP contribution in [0.2, 0.25) is 0 Å². The Balaban J connectivity index is 1.61. The maximum Gasteiger partial charge on any atom is 0.234 e. The molecule has 0 fully saturated rings. The average Bonchev–Trinajstić information content (AvgIpc) is 3.25. The second-order valence-corrected chi connectivity index (χ2v) is 7.30. The molecule has 0 amide bonds. The minimum absolute atomic E-state index is 0.729. The number of rotatable bonds is 3. The molecule has 0 aliphatic rings. The molecule has 0 aliphatic heterocycles. The normalized spacial score (nSPS) is 11.4. The van der Waals surface area contributed by atoms with Gasteiger partial charge in [0.2, 0.25) is 4.96 Å². The molecule has 0 bridgehead atoms. The summed E-state index contributed by atoms with van der Waals surface area (Å²) < 4.78 is 1.88. The zero-order valence-corrected chi connectivity index (χ0v) is 15.1. The van der Waals surface area contributed by atoms with E-state index in [1.807, 2.05) is 4.52 Å². The number of hydrogen-bond donors (Lipinski definition) is 0. The molecule has 5 heteroatoms. The van der Waals surface area contributed by atoms with E-state index in [2.05, 4.69) is 83.9 Å². The van der Waals surface area contributed by atoms with Crippen molar-refractivity contribution in [3.05, 3.63) is 83.7 Å². The first-order valence-corrected chi connectivity index (χ1v) is 9.35. The van der Waals surface area contributed by atoms with Gasteiger partial charge in [-0.3, -0.25) is 0 Å². The van der Waals surface area contributed by atoms with Crippen LogP contribution in [0.25, 0.3) is 26.3 Å². The number of aryl methyl sites for hydroxylation is 1. The smallest absolute Gasteiger partial charge is 0.187 e. The van der Waals surface area contributed by atoms with Crippen LogP contribution in [-0.4, -0.2) is 19.8 Å². The lowest BCUT2D eigenvalue weighted by Crippen LogP contribution is -1.99. The van der Waals surface area contributed by atoms with Crippen LogP contribution in [0.3, 0.4) is 0 Å². The summed E-state index contributed by atoms with van der Waals surface area (Å²) in [6.45, 7) is 2.12. The van der Waals surface area contributed by atoms with Gasteiger partial charge in [-0.15, -0.1) is 10.2 Å². The number of aromatic nitrogens is 4. The van der Waals surface area contributed by atoms with Crippen LogP contribution in [0.1, 0.15) is 17.0 Å². The summed E-state index contributed by atoms with van der Waals surface area (Å²) in [4.78, 5) is 0.830. The maximum atomic E-state index is 4.83. The lowest BCUT2D eigenvalue weighted by atomic mass is 10.1. The molecule has 0 N–H and O–H groups in total. The highest BCUT2D eigenvalue weighted by molar-refractivity contribution is 7.19. The molecule has 126 valence electrons. The van der Waals surface area contributed by atoms with Crippen molar-refractivity contribution < 1.29 is 0 Å². The van der Waals surface area contributed by atoms with Gasteiger partial charge in [0, 0.05) is 12.0 Å². The summed E-state index contributed by atoms with van der Waals surface area (Å²) in [5.41, 5.74) is 3.65.